The zero-order chi connectivity index (χ0) is 61.3. The molecule has 2 aromatic heterocycles. The van der Waals surface area contributed by atoms with Gasteiger partial charge in [0.05, 0.1) is 5.69 Å². The first-order chi connectivity index (χ1) is 44.1. The molecule has 2 heterocycles. The van der Waals surface area contributed by atoms with Crippen LogP contribution < -0.4 is 0 Å². The summed E-state index contributed by atoms with van der Waals surface area (Å²) in [7, 11) is 0. The molecular weight excluding hydrogens is 1280 g/mol. The van der Waals surface area contributed by atoms with E-state index in [0.29, 0.717) is 0 Å². The van der Waals surface area contributed by atoms with E-state index in [2.05, 4.69) is 341 Å². The van der Waals surface area contributed by atoms with E-state index in [1.54, 1.807) is 0 Å². The molecule has 0 aliphatic carbocycles. The Balaban J connectivity index is 0.000000174. The van der Waals surface area contributed by atoms with Crippen LogP contribution in [0.4, 0.5) is 0 Å². The van der Waals surface area contributed by atoms with E-state index < -0.39 is 0 Å². The molecule has 1 radical (unpaired) electrons. The van der Waals surface area contributed by atoms with Crippen LogP contribution in [0.15, 0.2) is 346 Å². The molecule has 0 aliphatic rings. The smallest absolute Gasteiger partial charge is 0.0702 e. The van der Waals surface area contributed by atoms with Gasteiger partial charge in [0, 0.05) is 48.9 Å². The normalized spacial score (nSPS) is 11.2. The van der Waals surface area contributed by atoms with Crippen molar-refractivity contribution in [1.29, 1.82) is 0 Å². The molecule has 0 amide bonds. The van der Waals surface area contributed by atoms with Crippen LogP contribution >= 0.6 is 0 Å². The summed E-state index contributed by atoms with van der Waals surface area (Å²) in [5.41, 5.74) is 28.4. The Labute approximate surface area is 550 Å². The van der Waals surface area contributed by atoms with Gasteiger partial charge in [-0.15, -0.1) is 35.4 Å². The molecule has 0 spiro atoms. The first kappa shape index (κ1) is 60.9. The molecule has 0 saturated carbocycles. The van der Waals surface area contributed by atoms with Gasteiger partial charge in [-0.1, -0.05) is 282 Å². The minimum absolute atomic E-state index is 0. The van der Waals surface area contributed by atoms with Gasteiger partial charge in [0.15, 0.2) is 0 Å². The van der Waals surface area contributed by atoms with E-state index in [0.717, 1.165) is 28.1 Å². The van der Waals surface area contributed by atoms with Crippen LogP contribution in [-0.2, 0) is 30.9 Å². The fourth-order valence-corrected chi connectivity index (χ4v) is 12.2. The van der Waals surface area contributed by atoms with Gasteiger partial charge in [-0.2, -0.15) is 0 Å². The summed E-state index contributed by atoms with van der Waals surface area (Å²) >= 11 is 0. The van der Waals surface area contributed by atoms with Crippen LogP contribution in [0.5, 0.6) is 0 Å². The Morgan fingerprint density at radius 2 is 0.484 bits per heavy atom. The summed E-state index contributed by atoms with van der Waals surface area (Å²) in [5.74, 6) is 0. The molecular formula is C88H69IrN2-. The zero-order valence-corrected chi connectivity index (χ0v) is 54.0. The third kappa shape index (κ3) is 13.9. The van der Waals surface area contributed by atoms with Crippen LogP contribution in [0.2, 0.25) is 0 Å². The van der Waals surface area contributed by atoms with Crippen LogP contribution in [0.25, 0.3) is 112 Å². The molecule has 0 bridgehead atoms. The monoisotopic (exact) mass is 1350 g/mol. The van der Waals surface area contributed by atoms with Crippen molar-refractivity contribution in [2.24, 2.45) is 0 Å². The summed E-state index contributed by atoms with van der Waals surface area (Å²) in [5, 5.41) is 0. The Kier molecular flexibility index (Phi) is 18.4. The standard InChI is InChI=1S/C44H35N.C44H34N.Ir/c2*1-44(2,41-20-4-3-5-21-41)42-25-23-32(24-26-42)33-12-8-13-34(28-33)35-14-9-15-36(29-35)37-16-10-17-38(30-37)39-18-11-19-40(31-39)43-22-6-7-27-45-43;/h3-31H,1-2H3;3-18,20-31H,1-2H3;/q;-1;. The van der Waals surface area contributed by atoms with Gasteiger partial charge < -0.3 is 4.98 Å². The summed E-state index contributed by atoms with van der Waals surface area (Å²) in [6, 6.07) is 123. The van der Waals surface area contributed by atoms with Crippen molar-refractivity contribution in [3.8, 4) is 112 Å². The number of nitrogens with zero attached hydrogens (tertiary/aromatic N) is 2. The number of benzene rings is 12. The van der Waals surface area contributed by atoms with Crippen LogP contribution in [0, 0.1) is 6.07 Å². The van der Waals surface area contributed by atoms with Crippen molar-refractivity contribution in [3.63, 3.8) is 0 Å². The van der Waals surface area contributed by atoms with Crippen molar-refractivity contribution >= 4 is 0 Å². The second kappa shape index (κ2) is 27.5. The van der Waals surface area contributed by atoms with Gasteiger partial charge in [0.25, 0.3) is 0 Å². The first-order valence-corrected chi connectivity index (χ1v) is 31.0. The Morgan fingerprint density at radius 3 is 0.802 bits per heavy atom. The van der Waals surface area contributed by atoms with E-state index >= 15 is 0 Å². The van der Waals surface area contributed by atoms with Crippen molar-refractivity contribution < 1.29 is 20.1 Å². The second-order valence-electron chi connectivity index (χ2n) is 24.1. The van der Waals surface area contributed by atoms with Crippen molar-refractivity contribution in [2.45, 2.75) is 38.5 Å². The fraction of sp³-hybridized carbons (Fsp3) is 0.0682. The summed E-state index contributed by atoms with van der Waals surface area (Å²) in [6.07, 6.45) is 3.66. The summed E-state index contributed by atoms with van der Waals surface area (Å²) < 4.78 is 0. The number of hydrogen-bond acceptors (Lipinski definition) is 2. The SMILES string of the molecule is CC(C)(c1ccccc1)c1ccc(-c2cccc(-c3cccc(-c4cccc(-c5cc[c-]c(-c6ccccn6)c5)c4)c3)c2)cc1.CC(C)(c1ccccc1)c1ccc(-c2cccc(-c3cccc(-c4cccc(-c5cccc(-c6ccccn6)c5)c4)c3)c2)cc1.[Ir]. The van der Waals surface area contributed by atoms with Gasteiger partial charge in [-0.3, -0.25) is 4.98 Å². The van der Waals surface area contributed by atoms with Crippen LogP contribution in [-0.4, -0.2) is 9.97 Å². The van der Waals surface area contributed by atoms with Crippen LogP contribution in [0.1, 0.15) is 49.9 Å². The number of aromatic nitrogens is 2. The van der Waals surface area contributed by atoms with Crippen molar-refractivity contribution in [2.75, 3.05) is 0 Å². The van der Waals surface area contributed by atoms with Gasteiger partial charge in [-0.25, -0.2) is 0 Å². The maximum Gasteiger partial charge on any atom is 0.0702 e. The minimum Gasteiger partial charge on any atom is -0.305 e. The molecule has 0 aliphatic heterocycles. The molecule has 0 fully saturated rings. The van der Waals surface area contributed by atoms with E-state index in [1.165, 1.54) is 106 Å². The molecule has 3 heteroatoms. The van der Waals surface area contributed by atoms with Gasteiger partial charge >= 0.3 is 0 Å². The molecule has 0 N–H and O–H groups in total. The third-order valence-corrected chi connectivity index (χ3v) is 17.6. The largest absolute Gasteiger partial charge is 0.305 e. The molecule has 14 rings (SSSR count). The van der Waals surface area contributed by atoms with Gasteiger partial charge in [0.2, 0.25) is 0 Å². The number of pyridine rings is 2. The minimum atomic E-state index is -0.0558. The summed E-state index contributed by atoms with van der Waals surface area (Å²) in [6.45, 7) is 9.16. The Morgan fingerprint density at radius 1 is 0.220 bits per heavy atom. The second-order valence-corrected chi connectivity index (χ2v) is 24.1. The third-order valence-electron chi connectivity index (χ3n) is 17.6. The van der Waals surface area contributed by atoms with Gasteiger partial charge in [0.1, 0.15) is 0 Å². The van der Waals surface area contributed by atoms with E-state index in [4.69, 9.17) is 0 Å². The fourth-order valence-electron chi connectivity index (χ4n) is 12.2. The average molecular weight is 1350 g/mol. The predicted octanol–water partition coefficient (Wildman–Crippen LogP) is 23.3. The van der Waals surface area contributed by atoms with Crippen molar-refractivity contribution in [3.05, 3.63) is 374 Å². The molecule has 2 nitrogen and oxygen atoms in total. The van der Waals surface area contributed by atoms with Crippen molar-refractivity contribution in [1.82, 2.24) is 9.97 Å². The van der Waals surface area contributed by atoms with Gasteiger partial charge in [-0.05, 0) is 172 Å². The van der Waals surface area contributed by atoms with E-state index in [1.807, 2.05) is 48.8 Å². The topological polar surface area (TPSA) is 25.8 Å². The maximum atomic E-state index is 4.54. The zero-order valence-electron chi connectivity index (χ0n) is 51.6. The molecule has 91 heavy (non-hydrogen) atoms. The molecule has 0 atom stereocenters. The quantitative estimate of drug-likeness (QED) is 0.101. The molecule has 0 saturated heterocycles. The number of rotatable bonds is 14. The van der Waals surface area contributed by atoms with E-state index in [9.17, 15) is 0 Å². The van der Waals surface area contributed by atoms with Crippen LogP contribution in [0.3, 0.4) is 0 Å². The molecule has 12 aromatic carbocycles. The predicted molar refractivity (Wildman–Crippen MR) is 379 cm³/mol. The number of hydrogen-bond donors (Lipinski definition) is 0. The van der Waals surface area contributed by atoms with E-state index in [-0.39, 0.29) is 30.9 Å². The molecule has 14 aromatic rings. The maximum absolute atomic E-state index is 4.54. The molecule has 0 unspecified atom stereocenters. The first-order valence-electron chi connectivity index (χ1n) is 31.0. The summed E-state index contributed by atoms with van der Waals surface area (Å²) in [4.78, 5) is 9.04. The molecule has 441 valence electrons. The Hall–Kier alpha value is -10.4. The average Bonchev–Trinajstić information content (AvgIpc) is 1.51. The Bertz CT molecular complexity index is 4420.